The van der Waals surface area contributed by atoms with E-state index < -0.39 is 0 Å². The summed E-state index contributed by atoms with van der Waals surface area (Å²) in [5, 5.41) is 10.1. The molecule has 2 aromatic carbocycles. The lowest BCUT2D eigenvalue weighted by Gasteiger charge is -2.16. The summed E-state index contributed by atoms with van der Waals surface area (Å²) in [6, 6.07) is 16.1. The SMILES string of the molecule is Cc1ccc(C(=O)Cc2cc3cc(-c4cnn5c4CNCC5)ccc3cn2)cc1. The Labute approximate surface area is 169 Å². The largest absolute Gasteiger partial charge is 0.309 e. The molecule has 0 amide bonds. The van der Waals surface area contributed by atoms with E-state index in [1.54, 1.807) is 0 Å². The lowest BCUT2D eigenvalue weighted by atomic mass is 10.00. The fourth-order valence-corrected chi connectivity index (χ4v) is 3.88. The Morgan fingerprint density at radius 3 is 2.79 bits per heavy atom. The van der Waals surface area contributed by atoms with Gasteiger partial charge in [-0.1, -0.05) is 42.0 Å². The summed E-state index contributed by atoms with van der Waals surface area (Å²) in [7, 11) is 0. The number of rotatable bonds is 4. The first-order valence-corrected chi connectivity index (χ1v) is 9.92. The topological polar surface area (TPSA) is 59.8 Å². The summed E-state index contributed by atoms with van der Waals surface area (Å²) in [4.78, 5) is 17.1. The predicted molar refractivity (Wildman–Crippen MR) is 114 cm³/mol. The highest BCUT2D eigenvalue weighted by molar-refractivity contribution is 5.98. The van der Waals surface area contributed by atoms with E-state index in [0.717, 1.165) is 58.4 Å². The highest BCUT2D eigenvalue weighted by Crippen LogP contribution is 2.28. The van der Waals surface area contributed by atoms with Crippen molar-refractivity contribution in [2.75, 3.05) is 6.54 Å². The number of Topliss-reactive ketones (excluding diaryl/α,β-unsaturated/α-hetero) is 1. The molecule has 5 nitrogen and oxygen atoms in total. The van der Waals surface area contributed by atoms with Gasteiger partial charge in [0.1, 0.15) is 0 Å². The maximum atomic E-state index is 12.6. The fourth-order valence-electron chi connectivity index (χ4n) is 3.88. The predicted octanol–water partition coefficient (Wildman–Crippen LogP) is 3.94. The van der Waals surface area contributed by atoms with Gasteiger partial charge < -0.3 is 5.32 Å². The normalized spacial score (nSPS) is 13.4. The number of hydrogen-bond acceptors (Lipinski definition) is 4. The number of pyridine rings is 1. The Hall–Kier alpha value is -3.31. The number of benzene rings is 2. The molecule has 4 aromatic rings. The van der Waals surface area contributed by atoms with Gasteiger partial charge in [0.05, 0.1) is 24.9 Å². The Bertz CT molecular complexity index is 1210. The van der Waals surface area contributed by atoms with Crippen molar-refractivity contribution in [2.24, 2.45) is 0 Å². The van der Waals surface area contributed by atoms with Crippen LogP contribution in [0.1, 0.15) is 27.3 Å². The van der Waals surface area contributed by atoms with Crippen molar-refractivity contribution < 1.29 is 4.79 Å². The molecule has 0 bridgehead atoms. The number of carbonyl (C=O) groups is 1. The van der Waals surface area contributed by atoms with Crippen molar-refractivity contribution in [3.8, 4) is 11.1 Å². The molecule has 0 spiro atoms. The van der Waals surface area contributed by atoms with Crippen molar-refractivity contribution in [1.82, 2.24) is 20.1 Å². The highest BCUT2D eigenvalue weighted by Gasteiger charge is 2.16. The quantitative estimate of drug-likeness (QED) is 0.543. The lowest BCUT2D eigenvalue weighted by molar-refractivity contribution is 0.0992. The van der Waals surface area contributed by atoms with Crippen LogP contribution >= 0.6 is 0 Å². The van der Waals surface area contributed by atoms with Crippen molar-refractivity contribution >= 4 is 16.6 Å². The summed E-state index contributed by atoms with van der Waals surface area (Å²) in [5.74, 6) is 0.0878. The molecule has 0 fully saturated rings. The van der Waals surface area contributed by atoms with Crippen LogP contribution in [0.4, 0.5) is 0 Å². The standard InChI is InChI=1S/C24H22N4O/c1-16-2-4-17(5-3-16)24(29)12-21-11-20-10-18(6-7-19(20)13-26-21)22-14-27-28-9-8-25-15-23(22)28/h2-7,10-11,13-14,25H,8-9,12,15H2,1H3. The second-order valence-electron chi connectivity index (χ2n) is 7.61. The van der Waals surface area contributed by atoms with E-state index in [9.17, 15) is 4.79 Å². The van der Waals surface area contributed by atoms with Crippen LogP contribution in [0.3, 0.4) is 0 Å². The van der Waals surface area contributed by atoms with Crippen LogP contribution < -0.4 is 5.32 Å². The molecule has 5 heteroatoms. The van der Waals surface area contributed by atoms with E-state index >= 15 is 0 Å². The van der Waals surface area contributed by atoms with Crippen LogP contribution in [-0.4, -0.2) is 27.1 Å². The van der Waals surface area contributed by atoms with Gasteiger partial charge in [0.15, 0.2) is 5.78 Å². The van der Waals surface area contributed by atoms with Crippen LogP contribution in [0.25, 0.3) is 21.9 Å². The smallest absolute Gasteiger partial charge is 0.168 e. The van der Waals surface area contributed by atoms with Crippen molar-refractivity contribution in [3.05, 3.63) is 83.4 Å². The van der Waals surface area contributed by atoms with E-state index in [0.29, 0.717) is 6.42 Å². The summed E-state index contributed by atoms with van der Waals surface area (Å²) in [6.45, 7) is 4.71. The summed E-state index contributed by atoms with van der Waals surface area (Å²) in [5.41, 5.74) is 6.19. The number of nitrogens with zero attached hydrogens (tertiary/aromatic N) is 3. The molecule has 1 N–H and O–H groups in total. The van der Waals surface area contributed by atoms with Crippen molar-refractivity contribution in [2.45, 2.75) is 26.4 Å². The van der Waals surface area contributed by atoms with Crippen molar-refractivity contribution in [3.63, 3.8) is 0 Å². The third kappa shape index (κ3) is 3.45. The minimum Gasteiger partial charge on any atom is -0.309 e. The molecule has 0 aliphatic carbocycles. The van der Waals surface area contributed by atoms with Gasteiger partial charge in [-0.25, -0.2) is 0 Å². The third-order valence-electron chi connectivity index (χ3n) is 5.55. The van der Waals surface area contributed by atoms with E-state index in [1.165, 1.54) is 5.69 Å². The summed E-state index contributed by atoms with van der Waals surface area (Å²) in [6.07, 6.45) is 4.11. The van der Waals surface area contributed by atoms with Crippen LogP contribution in [-0.2, 0) is 19.5 Å². The minimum absolute atomic E-state index is 0.0878. The second-order valence-corrected chi connectivity index (χ2v) is 7.61. The first-order chi connectivity index (χ1) is 14.2. The van der Waals surface area contributed by atoms with Crippen LogP contribution in [0, 0.1) is 6.92 Å². The Kier molecular flexibility index (Phi) is 4.45. The highest BCUT2D eigenvalue weighted by atomic mass is 16.1. The lowest BCUT2D eigenvalue weighted by Crippen LogP contribution is -2.28. The number of aromatic nitrogens is 3. The minimum atomic E-state index is 0.0878. The van der Waals surface area contributed by atoms with E-state index in [-0.39, 0.29) is 5.78 Å². The summed E-state index contributed by atoms with van der Waals surface area (Å²) < 4.78 is 2.08. The van der Waals surface area contributed by atoms with Crippen LogP contribution in [0.5, 0.6) is 0 Å². The van der Waals surface area contributed by atoms with Gasteiger partial charge in [-0.3, -0.25) is 14.5 Å². The van der Waals surface area contributed by atoms with Gasteiger partial charge in [0.2, 0.25) is 0 Å². The van der Waals surface area contributed by atoms with Crippen LogP contribution in [0.15, 0.2) is 60.9 Å². The molecule has 0 radical (unpaired) electrons. The molecule has 0 unspecified atom stereocenters. The molecule has 2 aromatic heterocycles. The molecule has 0 saturated heterocycles. The van der Waals surface area contributed by atoms with Gasteiger partial charge in [-0.05, 0) is 30.0 Å². The monoisotopic (exact) mass is 382 g/mol. The molecule has 5 rings (SSSR count). The number of fused-ring (bicyclic) bond motifs is 2. The zero-order chi connectivity index (χ0) is 19.8. The van der Waals surface area contributed by atoms with Gasteiger partial charge in [0.25, 0.3) is 0 Å². The van der Waals surface area contributed by atoms with E-state index in [4.69, 9.17) is 0 Å². The van der Waals surface area contributed by atoms with Gasteiger partial charge in [-0.15, -0.1) is 0 Å². The third-order valence-corrected chi connectivity index (χ3v) is 5.55. The van der Waals surface area contributed by atoms with Crippen LogP contribution in [0.2, 0.25) is 0 Å². The fraction of sp³-hybridized carbons (Fsp3) is 0.208. The average Bonchev–Trinajstić information content (AvgIpc) is 3.18. The average molecular weight is 382 g/mol. The Morgan fingerprint density at radius 1 is 1.07 bits per heavy atom. The Balaban J connectivity index is 1.46. The molecular weight excluding hydrogens is 360 g/mol. The molecule has 0 atom stereocenters. The van der Waals surface area contributed by atoms with E-state index in [2.05, 4.69) is 38.3 Å². The zero-order valence-electron chi connectivity index (χ0n) is 16.4. The van der Waals surface area contributed by atoms with Gasteiger partial charge in [0, 0.05) is 41.5 Å². The molecule has 0 saturated carbocycles. The number of ketones is 1. The van der Waals surface area contributed by atoms with Gasteiger partial charge in [-0.2, -0.15) is 5.10 Å². The first-order valence-electron chi connectivity index (χ1n) is 9.92. The van der Waals surface area contributed by atoms with Gasteiger partial charge >= 0.3 is 0 Å². The zero-order valence-corrected chi connectivity index (χ0v) is 16.4. The molecule has 29 heavy (non-hydrogen) atoms. The summed E-state index contributed by atoms with van der Waals surface area (Å²) >= 11 is 0. The number of nitrogens with one attached hydrogen (secondary N) is 1. The first kappa shape index (κ1) is 17.8. The molecule has 1 aliphatic rings. The number of carbonyl (C=O) groups excluding carboxylic acids is 1. The van der Waals surface area contributed by atoms with E-state index in [1.807, 2.05) is 49.6 Å². The van der Waals surface area contributed by atoms with Crippen molar-refractivity contribution in [1.29, 1.82) is 0 Å². The molecule has 144 valence electrons. The Morgan fingerprint density at radius 2 is 1.93 bits per heavy atom. The number of aryl methyl sites for hydroxylation is 1. The number of hydrogen-bond donors (Lipinski definition) is 1. The molecule has 3 heterocycles. The maximum Gasteiger partial charge on any atom is 0.168 e. The molecular formula is C24H22N4O. The maximum absolute atomic E-state index is 12.6. The molecule has 1 aliphatic heterocycles. The second kappa shape index (κ2) is 7.26.